The van der Waals surface area contributed by atoms with Crippen LogP contribution in [0, 0.1) is 6.92 Å². The fourth-order valence-corrected chi connectivity index (χ4v) is 1.41. The Morgan fingerprint density at radius 1 is 1.05 bits per heavy atom. The van der Waals surface area contributed by atoms with E-state index in [9.17, 15) is 9.59 Å². The van der Waals surface area contributed by atoms with Crippen LogP contribution in [0.2, 0.25) is 0 Å². The van der Waals surface area contributed by atoms with Crippen LogP contribution < -0.4 is 10.6 Å². The van der Waals surface area contributed by atoms with Crippen molar-refractivity contribution in [1.82, 2.24) is 0 Å². The molecule has 0 heterocycles. The molecule has 0 radical (unpaired) electrons. The molecule has 8 nitrogen and oxygen atoms in total. The number of hydrogen-bond donors (Lipinski definition) is 4. The molecule has 1 rings (SSSR count). The molecule has 0 aromatic heterocycles. The lowest BCUT2D eigenvalue weighted by Gasteiger charge is -2.11. The van der Waals surface area contributed by atoms with Crippen LogP contribution in [0.25, 0.3) is 0 Å². The standard InChI is InChI=1S/C13H18N2O6/c1-9-2-3-10(14-12(18)20-6-4-16)8-11(9)15-13(19)21-7-5-17/h2-3,8,16-17H,4-7H2,1H3,(H,14,18)(H,15,19). The van der Waals surface area contributed by atoms with Crippen molar-refractivity contribution >= 4 is 23.6 Å². The van der Waals surface area contributed by atoms with Gasteiger partial charge in [-0.3, -0.25) is 10.6 Å². The highest BCUT2D eigenvalue weighted by Crippen LogP contribution is 2.20. The average Bonchev–Trinajstić information content (AvgIpc) is 2.46. The zero-order chi connectivity index (χ0) is 15.7. The SMILES string of the molecule is Cc1ccc(NC(=O)OCCO)cc1NC(=O)OCCO. The van der Waals surface area contributed by atoms with Crippen LogP contribution >= 0.6 is 0 Å². The summed E-state index contributed by atoms with van der Waals surface area (Å²) in [5.74, 6) is 0. The molecule has 0 aliphatic rings. The largest absolute Gasteiger partial charge is 0.447 e. The number of amides is 2. The van der Waals surface area contributed by atoms with E-state index in [4.69, 9.17) is 10.2 Å². The van der Waals surface area contributed by atoms with Crippen molar-refractivity contribution in [2.75, 3.05) is 37.1 Å². The van der Waals surface area contributed by atoms with Gasteiger partial charge in [0.25, 0.3) is 0 Å². The summed E-state index contributed by atoms with van der Waals surface area (Å²) in [7, 11) is 0. The molecule has 0 fully saturated rings. The minimum atomic E-state index is -0.707. The van der Waals surface area contributed by atoms with E-state index in [-0.39, 0.29) is 26.4 Å². The molecular weight excluding hydrogens is 280 g/mol. The Morgan fingerprint density at radius 3 is 2.19 bits per heavy atom. The maximum absolute atomic E-state index is 11.4. The maximum atomic E-state index is 11.4. The van der Waals surface area contributed by atoms with E-state index < -0.39 is 12.2 Å². The second-order valence-electron chi connectivity index (χ2n) is 4.00. The Balaban J connectivity index is 2.66. The monoisotopic (exact) mass is 298 g/mol. The number of aliphatic hydroxyl groups excluding tert-OH is 2. The molecule has 1 aromatic rings. The highest BCUT2D eigenvalue weighted by atomic mass is 16.6. The number of rotatable bonds is 6. The van der Waals surface area contributed by atoms with Gasteiger partial charge in [0.05, 0.1) is 13.2 Å². The molecule has 0 spiro atoms. The molecule has 116 valence electrons. The van der Waals surface area contributed by atoms with Gasteiger partial charge >= 0.3 is 12.2 Å². The van der Waals surface area contributed by atoms with E-state index in [1.54, 1.807) is 19.1 Å². The van der Waals surface area contributed by atoms with Gasteiger partial charge in [0.15, 0.2) is 0 Å². The first kappa shape index (κ1) is 16.7. The average molecular weight is 298 g/mol. The number of carbonyl (C=O) groups excluding carboxylic acids is 2. The van der Waals surface area contributed by atoms with E-state index in [1.165, 1.54) is 6.07 Å². The molecular formula is C13H18N2O6. The van der Waals surface area contributed by atoms with Crippen molar-refractivity contribution in [2.45, 2.75) is 6.92 Å². The number of carbonyl (C=O) groups is 2. The van der Waals surface area contributed by atoms with Crippen molar-refractivity contribution in [3.05, 3.63) is 23.8 Å². The normalized spacial score (nSPS) is 9.86. The quantitative estimate of drug-likeness (QED) is 0.624. The molecule has 0 saturated heterocycles. The number of anilines is 2. The lowest BCUT2D eigenvalue weighted by Crippen LogP contribution is -2.18. The Kier molecular flexibility index (Phi) is 6.99. The van der Waals surface area contributed by atoms with E-state index in [1.807, 2.05) is 0 Å². The summed E-state index contributed by atoms with van der Waals surface area (Å²) in [6.45, 7) is 1.05. The summed E-state index contributed by atoms with van der Waals surface area (Å²) in [5.41, 5.74) is 1.64. The molecule has 4 N–H and O–H groups in total. The molecule has 21 heavy (non-hydrogen) atoms. The van der Waals surface area contributed by atoms with Gasteiger partial charge < -0.3 is 19.7 Å². The minimum absolute atomic E-state index is 0.101. The minimum Gasteiger partial charge on any atom is -0.447 e. The van der Waals surface area contributed by atoms with Gasteiger partial charge in [-0.05, 0) is 24.6 Å². The molecule has 2 amide bonds. The van der Waals surface area contributed by atoms with Gasteiger partial charge in [-0.2, -0.15) is 0 Å². The summed E-state index contributed by atoms with van der Waals surface area (Å²) in [5, 5.41) is 22.1. The molecule has 0 aliphatic carbocycles. The number of nitrogens with one attached hydrogen (secondary N) is 2. The second-order valence-corrected chi connectivity index (χ2v) is 4.00. The third-order valence-corrected chi connectivity index (χ3v) is 2.37. The summed E-state index contributed by atoms with van der Waals surface area (Å²) in [6.07, 6.45) is -1.41. The fourth-order valence-electron chi connectivity index (χ4n) is 1.41. The number of ether oxygens (including phenoxy) is 2. The molecule has 0 bridgehead atoms. The van der Waals surface area contributed by atoms with Crippen molar-refractivity contribution < 1.29 is 29.3 Å². The first-order valence-corrected chi connectivity index (χ1v) is 6.26. The summed E-state index contributed by atoms with van der Waals surface area (Å²) < 4.78 is 9.34. The van der Waals surface area contributed by atoms with Crippen LogP contribution in [0.15, 0.2) is 18.2 Å². The molecule has 0 aliphatic heterocycles. The van der Waals surface area contributed by atoms with Crippen LogP contribution in [-0.4, -0.2) is 48.8 Å². The summed E-state index contributed by atoms with van der Waals surface area (Å²) in [4.78, 5) is 22.8. The number of aliphatic hydroxyl groups is 2. The number of hydrogen-bond acceptors (Lipinski definition) is 6. The highest BCUT2D eigenvalue weighted by molar-refractivity contribution is 5.89. The fraction of sp³-hybridized carbons (Fsp3) is 0.385. The van der Waals surface area contributed by atoms with Gasteiger partial charge in [-0.15, -0.1) is 0 Å². The van der Waals surface area contributed by atoms with Crippen LogP contribution in [0.5, 0.6) is 0 Å². The van der Waals surface area contributed by atoms with E-state index >= 15 is 0 Å². The Hall–Kier alpha value is -2.32. The topological polar surface area (TPSA) is 117 Å². The zero-order valence-electron chi connectivity index (χ0n) is 11.6. The van der Waals surface area contributed by atoms with E-state index in [0.29, 0.717) is 11.4 Å². The van der Waals surface area contributed by atoms with Crippen LogP contribution in [0.3, 0.4) is 0 Å². The second kappa shape index (κ2) is 8.77. The predicted octanol–water partition coefficient (Wildman–Crippen LogP) is 1.08. The Morgan fingerprint density at radius 2 is 1.62 bits per heavy atom. The van der Waals surface area contributed by atoms with Gasteiger partial charge in [0.2, 0.25) is 0 Å². The smallest absolute Gasteiger partial charge is 0.411 e. The molecule has 0 saturated carbocycles. The van der Waals surface area contributed by atoms with Gasteiger partial charge in [-0.25, -0.2) is 9.59 Å². The van der Waals surface area contributed by atoms with Crippen LogP contribution in [0.1, 0.15) is 5.56 Å². The first-order chi connectivity index (χ1) is 10.1. The molecule has 0 atom stereocenters. The van der Waals surface area contributed by atoms with Crippen LogP contribution in [0.4, 0.5) is 21.0 Å². The third-order valence-electron chi connectivity index (χ3n) is 2.37. The van der Waals surface area contributed by atoms with E-state index in [2.05, 4.69) is 20.1 Å². The zero-order valence-corrected chi connectivity index (χ0v) is 11.6. The van der Waals surface area contributed by atoms with Gasteiger partial charge in [0, 0.05) is 11.4 Å². The number of aryl methyl sites for hydroxylation is 1. The summed E-state index contributed by atoms with van der Waals surface area (Å²) in [6, 6.07) is 4.87. The predicted molar refractivity (Wildman–Crippen MR) is 75.3 cm³/mol. The van der Waals surface area contributed by atoms with Crippen LogP contribution in [-0.2, 0) is 9.47 Å². The first-order valence-electron chi connectivity index (χ1n) is 6.26. The third kappa shape index (κ3) is 6.11. The maximum Gasteiger partial charge on any atom is 0.411 e. The Labute approximate surface area is 121 Å². The highest BCUT2D eigenvalue weighted by Gasteiger charge is 2.08. The lowest BCUT2D eigenvalue weighted by molar-refractivity contribution is 0.131. The molecule has 8 heteroatoms. The lowest BCUT2D eigenvalue weighted by atomic mass is 10.2. The van der Waals surface area contributed by atoms with Crippen molar-refractivity contribution in [3.63, 3.8) is 0 Å². The molecule has 1 aromatic carbocycles. The molecule has 0 unspecified atom stereocenters. The number of benzene rings is 1. The van der Waals surface area contributed by atoms with Crippen molar-refractivity contribution in [1.29, 1.82) is 0 Å². The van der Waals surface area contributed by atoms with Gasteiger partial charge in [-0.1, -0.05) is 6.07 Å². The van der Waals surface area contributed by atoms with Crippen molar-refractivity contribution in [2.24, 2.45) is 0 Å². The summed E-state index contributed by atoms with van der Waals surface area (Å²) >= 11 is 0. The van der Waals surface area contributed by atoms with Crippen molar-refractivity contribution in [3.8, 4) is 0 Å². The van der Waals surface area contributed by atoms with E-state index in [0.717, 1.165) is 5.56 Å². The van der Waals surface area contributed by atoms with Gasteiger partial charge in [0.1, 0.15) is 13.2 Å². The Bertz CT molecular complexity index is 492.